The average molecular weight is 278 g/mol. The maximum atomic E-state index is 12.7. The molecular weight excluding hydrogens is 260 g/mol. The van der Waals surface area contributed by atoms with Crippen molar-refractivity contribution in [3.8, 4) is 0 Å². The van der Waals surface area contributed by atoms with Crippen molar-refractivity contribution < 1.29 is 19.2 Å². The van der Waals surface area contributed by atoms with Crippen molar-refractivity contribution in [3.63, 3.8) is 0 Å². The van der Waals surface area contributed by atoms with Gasteiger partial charge in [0.05, 0.1) is 11.8 Å². The summed E-state index contributed by atoms with van der Waals surface area (Å²) in [7, 11) is 0. The molecule has 2 aliphatic heterocycles. The summed E-state index contributed by atoms with van der Waals surface area (Å²) >= 11 is 0. The van der Waals surface area contributed by atoms with E-state index in [-0.39, 0.29) is 24.7 Å². The quantitative estimate of drug-likeness (QED) is 0.708. The van der Waals surface area contributed by atoms with Crippen LogP contribution in [-0.4, -0.2) is 34.6 Å². The molecule has 6 nitrogen and oxygen atoms in total. The highest BCUT2D eigenvalue weighted by molar-refractivity contribution is 6.13. The molecule has 0 aromatic rings. The van der Waals surface area contributed by atoms with E-state index in [0.717, 1.165) is 43.4 Å². The lowest BCUT2D eigenvalue weighted by molar-refractivity contribution is -0.148. The molecule has 1 aliphatic carbocycles. The van der Waals surface area contributed by atoms with Gasteiger partial charge < -0.3 is 0 Å². The van der Waals surface area contributed by atoms with Crippen LogP contribution in [0.3, 0.4) is 0 Å². The lowest BCUT2D eigenvalue weighted by Crippen LogP contribution is -2.46. The maximum absolute atomic E-state index is 12.7. The van der Waals surface area contributed by atoms with Crippen molar-refractivity contribution in [2.75, 3.05) is 0 Å². The van der Waals surface area contributed by atoms with E-state index in [1.54, 1.807) is 0 Å². The third-order valence-electron chi connectivity index (χ3n) is 4.75. The fraction of sp³-hybridized carbons (Fsp3) is 0.714. The molecule has 0 aromatic carbocycles. The van der Waals surface area contributed by atoms with Gasteiger partial charge in [0.25, 0.3) is 0 Å². The van der Waals surface area contributed by atoms with E-state index < -0.39 is 23.3 Å². The SMILES string of the molecule is O=C1CC(N2C(=O)CC3(CCCCCC3)C2=O)C(=O)N1. The fourth-order valence-electron chi connectivity index (χ4n) is 3.68. The first kappa shape index (κ1) is 13.3. The minimum atomic E-state index is -0.926. The number of hydrogen-bond acceptors (Lipinski definition) is 4. The minimum absolute atomic E-state index is 0.0909. The number of nitrogens with one attached hydrogen (secondary N) is 1. The first-order chi connectivity index (χ1) is 9.53. The smallest absolute Gasteiger partial charge is 0.250 e. The Labute approximate surface area is 116 Å². The molecule has 1 atom stereocenters. The second kappa shape index (κ2) is 4.68. The summed E-state index contributed by atoms with van der Waals surface area (Å²) < 4.78 is 0. The molecule has 2 heterocycles. The Morgan fingerprint density at radius 3 is 2.20 bits per heavy atom. The Morgan fingerprint density at radius 2 is 1.65 bits per heavy atom. The van der Waals surface area contributed by atoms with Gasteiger partial charge in [0.1, 0.15) is 6.04 Å². The second-order valence-corrected chi connectivity index (χ2v) is 6.07. The van der Waals surface area contributed by atoms with E-state index in [1.165, 1.54) is 0 Å². The van der Waals surface area contributed by atoms with Crippen LogP contribution in [0.1, 0.15) is 51.4 Å². The number of rotatable bonds is 1. The summed E-state index contributed by atoms with van der Waals surface area (Å²) in [5.74, 6) is -1.48. The van der Waals surface area contributed by atoms with Gasteiger partial charge in [-0.2, -0.15) is 0 Å². The first-order valence-electron chi connectivity index (χ1n) is 7.24. The highest BCUT2D eigenvalue weighted by Crippen LogP contribution is 2.45. The van der Waals surface area contributed by atoms with Crippen LogP contribution in [0.2, 0.25) is 0 Å². The van der Waals surface area contributed by atoms with Gasteiger partial charge in [0, 0.05) is 6.42 Å². The topological polar surface area (TPSA) is 83.6 Å². The van der Waals surface area contributed by atoms with Crippen molar-refractivity contribution in [2.24, 2.45) is 5.41 Å². The van der Waals surface area contributed by atoms with E-state index in [4.69, 9.17) is 0 Å². The Balaban J connectivity index is 1.86. The van der Waals surface area contributed by atoms with Crippen molar-refractivity contribution >= 4 is 23.6 Å². The van der Waals surface area contributed by atoms with E-state index >= 15 is 0 Å². The Kier molecular flexibility index (Phi) is 3.11. The number of likely N-dealkylation sites (tertiary alicyclic amines) is 1. The zero-order chi connectivity index (χ0) is 14.3. The molecule has 2 saturated heterocycles. The molecule has 3 rings (SSSR count). The van der Waals surface area contributed by atoms with Gasteiger partial charge in [-0.3, -0.25) is 29.4 Å². The molecule has 20 heavy (non-hydrogen) atoms. The number of imide groups is 2. The molecule has 1 spiro atoms. The van der Waals surface area contributed by atoms with Gasteiger partial charge in [-0.25, -0.2) is 0 Å². The molecule has 6 heteroatoms. The van der Waals surface area contributed by atoms with Crippen molar-refractivity contribution in [3.05, 3.63) is 0 Å². The first-order valence-corrected chi connectivity index (χ1v) is 7.24. The summed E-state index contributed by atoms with van der Waals surface area (Å²) in [5, 5.41) is 2.16. The Morgan fingerprint density at radius 1 is 1.00 bits per heavy atom. The number of amides is 4. The Hall–Kier alpha value is -1.72. The lowest BCUT2D eigenvalue weighted by atomic mass is 9.79. The zero-order valence-corrected chi connectivity index (χ0v) is 11.3. The Bertz CT molecular complexity index is 491. The van der Waals surface area contributed by atoms with Gasteiger partial charge in [-0.1, -0.05) is 25.7 Å². The van der Waals surface area contributed by atoms with Gasteiger partial charge in [-0.15, -0.1) is 0 Å². The molecule has 1 saturated carbocycles. The molecule has 0 bridgehead atoms. The molecule has 0 radical (unpaired) electrons. The normalized spacial score (nSPS) is 30.0. The number of hydrogen-bond donors (Lipinski definition) is 1. The molecule has 0 aromatic heterocycles. The molecule has 1 N–H and O–H groups in total. The lowest BCUT2D eigenvalue weighted by Gasteiger charge is -2.26. The van der Waals surface area contributed by atoms with Crippen LogP contribution in [0.5, 0.6) is 0 Å². The number of carbonyl (C=O) groups is 4. The highest BCUT2D eigenvalue weighted by Gasteiger charge is 2.55. The minimum Gasteiger partial charge on any atom is -0.295 e. The predicted octanol–water partition coefficient (Wildman–Crippen LogP) is 0.501. The van der Waals surface area contributed by atoms with Crippen LogP contribution in [0, 0.1) is 5.41 Å². The second-order valence-electron chi connectivity index (χ2n) is 6.07. The average Bonchev–Trinajstić information content (AvgIpc) is 2.72. The summed E-state index contributed by atoms with van der Waals surface area (Å²) in [6.45, 7) is 0. The molecule has 3 aliphatic rings. The third-order valence-corrected chi connectivity index (χ3v) is 4.75. The monoisotopic (exact) mass is 278 g/mol. The molecule has 4 amide bonds. The van der Waals surface area contributed by atoms with Gasteiger partial charge in [0.2, 0.25) is 23.6 Å². The summed E-state index contributed by atoms with van der Waals surface area (Å²) in [6.07, 6.45) is 5.62. The van der Waals surface area contributed by atoms with Crippen LogP contribution >= 0.6 is 0 Å². The predicted molar refractivity (Wildman–Crippen MR) is 68.2 cm³/mol. The van der Waals surface area contributed by atoms with Gasteiger partial charge in [0.15, 0.2) is 0 Å². The largest absolute Gasteiger partial charge is 0.295 e. The summed E-state index contributed by atoms with van der Waals surface area (Å²) in [5.41, 5.74) is -0.612. The van der Waals surface area contributed by atoms with Crippen molar-refractivity contribution in [2.45, 2.75) is 57.4 Å². The van der Waals surface area contributed by atoms with E-state index in [1.807, 2.05) is 0 Å². The van der Waals surface area contributed by atoms with Gasteiger partial charge in [-0.05, 0) is 12.8 Å². The summed E-state index contributed by atoms with van der Waals surface area (Å²) in [4.78, 5) is 49.0. The molecule has 3 fully saturated rings. The number of nitrogens with zero attached hydrogens (tertiary/aromatic N) is 1. The third kappa shape index (κ3) is 1.94. The standard InChI is InChI=1S/C14H18N2O4/c17-10-7-9(12(19)15-10)16-11(18)8-14(13(16)20)5-3-1-2-4-6-14/h9H,1-8H2,(H,15,17,19). The zero-order valence-electron chi connectivity index (χ0n) is 11.3. The van der Waals surface area contributed by atoms with Gasteiger partial charge >= 0.3 is 0 Å². The van der Waals surface area contributed by atoms with Crippen LogP contribution in [0.15, 0.2) is 0 Å². The highest BCUT2D eigenvalue weighted by atomic mass is 16.2. The van der Waals surface area contributed by atoms with Crippen molar-refractivity contribution in [1.82, 2.24) is 10.2 Å². The van der Waals surface area contributed by atoms with E-state index in [0.29, 0.717) is 0 Å². The molecular formula is C14H18N2O4. The van der Waals surface area contributed by atoms with Crippen LogP contribution in [0.4, 0.5) is 0 Å². The summed E-state index contributed by atoms with van der Waals surface area (Å²) in [6, 6.07) is -0.926. The van der Waals surface area contributed by atoms with E-state index in [9.17, 15) is 19.2 Å². The van der Waals surface area contributed by atoms with Crippen molar-refractivity contribution in [1.29, 1.82) is 0 Å². The van der Waals surface area contributed by atoms with Crippen LogP contribution in [-0.2, 0) is 19.2 Å². The maximum Gasteiger partial charge on any atom is 0.250 e. The molecule has 108 valence electrons. The molecule has 1 unspecified atom stereocenters. The fourth-order valence-corrected chi connectivity index (χ4v) is 3.68. The van der Waals surface area contributed by atoms with Crippen LogP contribution in [0.25, 0.3) is 0 Å². The van der Waals surface area contributed by atoms with E-state index in [2.05, 4.69) is 5.32 Å². The number of carbonyl (C=O) groups excluding carboxylic acids is 4. The van der Waals surface area contributed by atoms with Crippen LogP contribution < -0.4 is 5.32 Å².